The van der Waals surface area contributed by atoms with Gasteiger partial charge in [-0.1, -0.05) is 0 Å². The summed E-state index contributed by atoms with van der Waals surface area (Å²) in [6, 6.07) is 1.03. The first-order valence-electron chi connectivity index (χ1n) is 3.57. The molecule has 1 N–H and O–H groups in total. The smallest absolute Gasteiger partial charge is 0.224 e. The van der Waals surface area contributed by atoms with E-state index in [1.807, 2.05) is 0 Å². The van der Waals surface area contributed by atoms with E-state index >= 15 is 0 Å². The fraction of sp³-hybridized carbons (Fsp3) is 0.250. The average molecular weight is 183 g/mol. The van der Waals surface area contributed by atoms with Gasteiger partial charge in [-0.05, 0) is 0 Å². The lowest BCUT2D eigenvalue weighted by atomic mass is 10.2. The van der Waals surface area contributed by atoms with Gasteiger partial charge in [-0.2, -0.15) is 4.73 Å². The van der Waals surface area contributed by atoms with E-state index in [4.69, 9.17) is 9.94 Å². The van der Waals surface area contributed by atoms with Crippen LogP contribution in [0.25, 0.3) is 0 Å². The summed E-state index contributed by atoms with van der Waals surface area (Å²) in [5.74, 6) is -0.759. The van der Waals surface area contributed by atoms with E-state index in [0.717, 1.165) is 17.0 Å². The molecule has 5 heteroatoms. The second-order valence-corrected chi connectivity index (χ2v) is 2.47. The Labute approximate surface area is 74.1 Å². The van der Waals surface area contributed by atoms with Crippen LogP contribution in [0.15, 0.2) is 17.1 Å². The fourth-order valence-corrected chi connectivity index (χ4v) is 0.914. The van der Waals surface area contributed by atoms with E-state index in [9.17, 15) is 9.59 Å². The predicted molar refractivity (Wildman–Crippen MR) is 44.9 cm³/mol. The van der Waals surface area contributed by atoms with Crippen molar-refractivity contribution >= 4 is 5.78 Å². The molecular formula is C8H9NO4. The molecular weight excluding hydrogens is 174 g/mol. The largest absolute Gasteiger partial charge is 0.503 e. The summed E-state index contributed by atoms with van der Waals surface area (Å²) >= 11 is 0. The van der Waals surface area contributed by atoms with Crippen molar-refractivity contribution in [1.82, 2.24) is 4.73 Å². The minimum atomic E-state index is -0.599. The van der Waals surface area contributed by atoms with Crippen LogP contribution >= 0.6 is 0 Å². The van der Waals surface area contributed by atoms with Crippen molar-refractivity contribution in [3.05, 3.63) is 28.2 Å². The maximum absolute atomic E-state index is 11.0. The van der Waals surface area contributed by atoms with Gasteiger partial charge in [0.2, 0.25) is 5.43 Å². The number of hydrogen-bond acceptors (Lipinski definition) is 4. The van der Waals surface area contributed by atoms with Crippen molar-refractivity contribution in [3.63, 3.8) is 0 Å². The van der Waals surface area contributed by atoms with Crippen LogP contribution in [0.5, 0.6) is 5.75 Å². The second-order valence-electron chi connectivity index (χ2n) is 2.47. The number of rotatable bonds is 2. The van der Waals surface area contributed by atoms with Gasteiger partial charge in [0, 0.05) is 13.0 Å². The summed E-state index contributed by atoms with van der Waals surface area (Å²) in [6.07, 6.45) is 1.05. The molecule has 1 heterocycles. The van der Waals surface area contributed by atoms with Crippen molar-refractivity contribution in [2.45, 2.75) is 6.92 Å². The highest BCUT2D eigenvalue weighted by atomic mass is 16.6. The van der Waals surface area contributed by atoms with Gasteiger partial charge in [0.25, 0.3) is 0 Å². The molecule has 5 nitrogen and oxygen atoms in total. The van der Waals surface area contributed by atoms with Gasteiger partial charge in [0.1, 0.15) is 12.8 Å². The van der Waals surface area contributed by atoms with Crippen LogP contribution < -0.4 is 10.3 Å². The van der Waals surface area contributed by atoms with Crippen LogP contribution in [0.4, 0.5) is 0 Å². The van der Waals surface area contributed by atoms with Crippen molar-refractivity contribution in [3.8, 4) is 5.75 Å². The van der Waals surface area contributed by atoms with Gasteiger partial charge in [-0.25, -0.2) is 0 Å². The van der Waals surface area contributed by atoms with Gasteiger partial charge < -0.3 is 9.94 Å². The molecule has 0 aliphatic rings. The Morgan fingerprint density at radius 2 is 2.23 bits per heavy atom. The van der Waals surface area contributed by atoms with Crippen molar-refractivity contribution in [2.75, 3.05) is 7.11 Å². The van der Waals surface area contributed by atoms with Gasteiger partial charge >= 0.3 is 0 Å². The Hall–Kier alpha value is -1.78. The molecule has 0 aromatic carbocycles. The van der Waals surface area contributed by atoms with E-state index in [2.05, 4.69) is 0 Å². The number of pyridine rings is 1. The number of hydrogen-bond donors (Lipinski definition) is 1. The van der Waals surface area contributed by atoms with Crippen LogP contribution in [0.1, 0.15) is 17.4 Å². The van der Waals surface area contributed by atoms with E-state index in [1.54, 1.807) is 0 Å². The van der Waals surface area contributed by atoms with Gasteiger partial charge in [-0.3, -0.25) is 9.59 Å². The summed E-state index contributed by atoms with van der Waals surface area (Å²) < 4.78 is 1.04. The molecule has 1 aromatic rings. The molecule has 0 fully saturated rings. The predicted octanol–water partition coefficient (Wildman–Crippen LogP) is -0.185. The first-order chi connectivity index (χ1) is 6.06. The number of ketones is 1. The molecule has 0 radical (unpaired) electrons. The molecule has 0 unspecified atom stereocenters. The highest BCUT2D eigenvalue weighted by Crippen LogP contribution is 2.03. The van der Waals surface area contributed by atoms with Gasteiger partial charge in [0.05, 0.1) is 6.20 Å². The number of carbonyl (C=O) groups excluding carboxylic acids is 1. The fourth-order valence-electron chi connectivity index (χ4n) is 0.914. The summed E-state index contributed by atoms with van der Waals surface area (Å²) in [4.78, 5) is 26.6. The molecule has 70 valence electrons. The topological polar surface area (TPSA) is 68.5 Å². The maximum atomic E-state index is 11.0. The Balaban J connectivity index is 3.42. The highest BCUT2D eigenvalue weighted by molar-refractivity contribution is 5.92. The highest BCUT2D eigenvalue weighted by Gasteiger charge is 2.09. The lowest BCUT2D eigenvalue weighted by Gasteiger charge is -2.08. The zero-order chi connectivity index (χ0) is 10.0. The monoisotopic (exact) mass is 183 g/mol. The number of aromatic nitrogens is 1. The Bertz CT molecular complexity index is 394. The average Bonchev–Trinajstić information content (AvgIpc) is 2.08. The van der Waals surface area contributed by atoms with E-state index in [0.29, 0.717) is 0 Å². The summed E-state index contributed by atoms with van der Waals surface area (Å²) in [5, 5.41) is 9.01. The quantitative estimate of drug-likeness (QED) is 0.645. The molecule has 0 atom stereocenters. The molecule has 0 saturated carbocycles. The van der Waals surface area contributed by atoms with Crippen molar-refractivity contribution < 1.29 is 14.7 Å². The number of Topliss-reactive ketones (excluding diaryl/α,β-unsaturated/α-hetero) is 1. The molecule has 0 aliphatic carbocycles. The molecule has 0 spiro atoms. The summed E-state index contributed by atoms with van der Waals surface area (Å²) in [7, 11) is 1.33. The second kappa shape index (κ2) is 3.30. The Morgan fingerprint density at radius 1 is 1.62 bits per heavy atom. The van der Waals surface area contributed by atoms with Crippen LogP contribution in [0.3, 0.4) is 0 Å². The third kappa shape index (κ3) is 1.69. The van der Waals surface area contributed by atoms with Crippen LogP contribution in [-0.2, 0) is 0 Å². The van der Waals surface area contributed by atoms with Crippen LogP contribution in [0, 0.1) is 0 Å². The Morgan fingerprint density at radius 3 is 2.69 bits per heavy atom. The zero-order valence-electron chi connectivity index (χ0n) is 7.27. The van der Waals surface area contributed by atoms with Crippen LogP contribution in [0.2, 0.25) is 0 Å². The standard InChI is InChI=1S/C8H9NO4/c1-5(10)6-3-7(11)8(12)4-9(6)13-2/h3-4,12H,1-2H3. The molecule has 0 bridgehead atoms. The summed E-state index contributed by atoms with van der Waals surface area (Å²) in [6.45, 7) is 1.31. The first kappa shape index (κ1) is 9.31. The zero-order valence-corrected chi connectivity index (χ0v) is 7.27. The first-order valence-corrected chi connectivity index (χ1v) is 3.57. The Kier molecular flexibility index (Phi) is 2.36. The third-order valence-electron chi connectivity index (χ3n) is 1.55. The SMILES string of the molecule is COn1cc(O)c(=O)cc1C(C)=O. The van der Waals surface area contributed by atoms with Gasteiger partial charge in [-0.15, -0.1) is 0 Å². The molecule has 0 aliphatic heterocycles. The van der Waals surface area contributed by atoms with E-state index in [-0.39, 0.29) is 11.5 Å². The van der Waals surface area contributed by atoms with Crippen LogP contribution in [-0.4, -0.2) is 22.7 Å². The third-order valence-corrected chi connectivity index (χ3v) is 1.55. The number of carbonyl (C=O) groups is 1. The molecule has 0 saturated heterocycles. The van der Waals surface area contributed by atoms with Gasteiger partial charge in [0.15, 0.2) is 11.5 Å². The molecule has 1 rings (SSSR count). The van der Waals surface area contributed by atoms with E-state index < -0.39 is 11.2 Å². The molecule has 13 heavy (non-hydrogen) atoms. The number of aromatic hydroxyl groups is 1. The number of nitrogens with zero attached hydrogens (tertiary/aromatic N) is 1. The summed E-state index contributed by atoms with van der Waals surface area (Å²) in [5.41, 5.74) is -0.496. The maximum Gasteiger partial charge on any atom is 0.224 e. The lowest BCUT2D eigenvalue weighted by molar-refractivity contribution is 0.0948. The molecule has 0 amide bonds. The van der Waals surface area contributed by atoms with E-state index in [1.165, 1.54) is 14.0 Å². The normalized spacial score (nSPS) is 9.69. The minimum absolute atomic E-state index is 0.102. The van der Waals surface area contributed by atoms with Crippen molar-refractivity contribution in [2.24, 2.45) is 0 Å². The minimum Gasteiger partial charge on any atom is -0.503 e. The van der Waals surface area contributed by atoms with Crippen molar-refractivity contribution in [1.29, 1.82) is 0 Å². The lowest BCUT2D eigenvalue weighted by Crippen LogP contribution is -2.18. The molecule has 1 aromatic heterocycles.